The number of imidazole rings is 1. The summed E-state index contributed by atoms with van der Waals surface area (Å²) in [6.07, 6.45) is 1.87. The lowest BCUT2D eigenvalue weighted by atomic mass is 10.1. The Morgan fingerprint density at radius 2 is 1.96 bits per heavy atom. The number of Topliss-reactive ketones (excluding diaryl/α,β-unsaturated/α-hetero) is 1. The predicted molar refractivity (Wildman–Crippen MR) is 98.9 cm³/mol. The van der Waals surface area contributed by atoms with Crippen LogP contribution in [0.25, 0.3) is 11.3 Å². The molecule has 0 unspecified atom stereocenters. The second-order valence-corrected chi connectivity index (χ2v) is 6.86. The molecular formula is C18H16Br2ClN3O. The Bertz CT molecular complexity index is 924. The van der Waals surface area contributed by atoms with E-state index in [9.17, 15) is 4.79 Å². The zero-order valence-corrected chi connectivity index (χ0v) is 17.3. The predicted octanol–water partition coefficient (Wildman–Crippen LogP) is 0.865. The number of nitrogens with two attached hydrogens (primary N) is 1. The molecule has 2 aromatic carbocycles. The maximum atomic E-state index is 12.5. The fraction of sp³-hybridized carbons (Fsp3) is 0.111. The van der Waals surface area contributed by atoms with Crippen molar-refractivity contribution < 1.29 is 26.3 Å². The van der Waals surface area contributed by atoms with Crippen LogP contribution in [0.15, 0.2) is 59.2 Å². The topological polar surface area (TPSA) is 51.9 Å². The molecule has 25 heavy (non-hydrogen) atoms. The molecule has 130 valence electrons. The van der Waals surface area contributed by atoms with Crippen molar-refractivity contribution in [2.24, 2.45) is 7.05 Å². The number of benzene rings is 2. The van der Waals surface area contributed by atoms with Gasteiger partial charge < -0.3 is 17.0 Å². The molecular weight excluding hydrogens is 469 g/mol. The van der Waals surface area contributed by atoms with Gasteiger partial charge in [-0.3, -0.25) is 10.5 Å². The van der Waals surface area contributed by atoms with Gasteiger partial charge in [-0.25, -0.2) is 9.13 Å². The molecule has 0 aliphatic heterocycles. The molecule has 0 bridgehead atoms. The first-order valence-corrected chi connectivity index (χ1v) is 8.52. The first kappa shape index (κ1) is 19.7. The Hall–Kier alpha value is -1.63. The summed E-state index contributed by atoms with van der Waals surface area (Å²) in [6, 6.07) is 14.9. The molecule has 3 rings (SSSR count). The fourth-order valence-electron chi connectivity index (χ4n) is 2.57. The highest BCUT2D eigenvalue weighted by Gasteiger charge is 2.20. The third kappa shape index (κ3) is 4.32. The Balaban J connectivity index is 0.00000225. The van der Waals surface area contributed by atoms with E-state index in [1.807, 2.05) is 54.2 Å². The highest BCUT2D eigenvalue weighted by Crippen LogP contribution is 2.23. The zero-order chi connectivity index (χ0) is 17.3. The summed E-state index contributed by atoms with van der Waals surface area (Å²) >= 11 is 9.45. The van der Waals surface area contributed by atoms with Crippen LogP contribution in [0.5, 0.6) is 0 Å². The van der Waals surface area contributed by atoms with Crippen LogP contribution in [0.3, 0.4) is 0 Å². The van der Waals surface area contributed by atoms with E-state index < -0.39 is 0 Å². The number of aromatic nitrogens is 2. The molecule has 0 saturated carbocycles. The first-order chi connectivity index (χ1) is 11.5. The van der Waals surface area contributed by atoms with Crippen molar-refractivity contribution in [1.29, 1.82) is 0 Å². The lowest BCUT2D eigenvalue weighted by Gasteiger charge is -2.01. The van der Waals surface area contributed by atoms with Crippen molar-refractivity contribution in [3.05, 3.63) is 69.8 Å². The minimum atomic E-state index is -0.00348. The molecule has 0 saturated heterocycles. The summed E-state index contributed by atoms with van der Waals surface area (Å²) in [7, 11) is 1.87. The van der Waals surface area contributed by atoms with E-state index >= 15 is 0 Å². The molecule has 0 aliphatic carbocycles. The number of nitrogens with zero attached hydrogens (tertiary/aromatic N) is 2. The first-order valence-electron chi connectivity index (χ1n) is 7.35. The van der Waals surface area contributed by atoms with Gasteiger partial charge in [-0.2, -0.15) is 0 Å². The largest absolute Gasteiger partial charge is 1.00 e. The van der Waals surface area contributed by atoms with Crippen LogP contribution in [0.4, 0.5) is 5.95 Å². The van der Waals surface area contributed by atoms with Gasteiger partial charge in [0.2, 0.25) is 0 Å². The number of carbonyl (C=O) groups excluding carboxylic acids is 1. The molecule has 0 spiro atoms. The van der Waals surface area contributed by atoms with Crippen molar-refractivity contribution in [3.8, 4) is 11.3 Å². The minimum Gasteiger partial charge on any atom is -1.00 e. The molecule has 0 aliphatic rings. The maximum absolute atomic E-state index is 12.5. The van der Waals surface area contributed by atoms with Crippen LogP contribution in [0, 0.1) is 0 Å². The number of nitrogen functional groups attached to an aromatic ring is 1. The molecule has 0 atom stereocenters. The van der Waals surface area contributed by atoms with Gasteiger partial charge in [-0.1, -0.05) is 51.8 Å². The van der Waals surface area contributed by atoms with Gasteiger partial charge in [0.05, 0.1) is 7.05 Å². The average Bonchev–Trinajstić information content (AvgIpc) is 2.83. The summed E-state index contributed by atoms with van der Waals surface area (Å²) in [6.45, 7) is 0.177. The molecule has 1 aromatic heterocycles. The van der Waals surface area contributed by atoms with E-state index in [4.69, 9.17) is 17.3 Å². The number of hydrogen-bond acceptors (Lipinski definition) is 2. The van der Waals surface area contributed by atoms with E-state index in [0.717, 1.165) is 15.7 Å². The van der Waals surface area contributed by atoms with Crippen molar-refractivity contribution in [2.45, 2.75) is 6.54 Å². The molecule has 0 amide bonds. The fourth-order valence-corrected chi connectivity index (χ4v) is 3.16. The number of anilines is 1. The standard InChI is InChI=1S/C18H15BrClN3O.BrH/c1-22-16(12-4-3-7-15(20)9-12)10-23(18(22)21)11-17(24)13-5-2-6-14(19)8-13;/h2-10,21H,11H2,1H3;1H. The number of ketones is 1. The van der Waals surface area contributed by atoms with Crippen LogP contribution in [0.2, 0.25) is 5.02 Å². The highest BCUT2D eigenvalue weighted by molar-refractivity contribution is 9.10. The van der Waals surface area contributed by atoms with Gasteiger partial charge in [0.15, 0.2) is 5.78 Å². The molecule has 3 aromatic rings. The van der Waals surface area contributed by atoms with Crippen LogP contribution >= 0.6 is 27.5 Å². The van der Waals surface area contributed by atoms with E-state index in [1.165, 1.54) is 0 Å². The van der Waals surface area contributed by atoms with Crippen molar-refractivity contribution in [3.63, 3.8) is 0 Å². The zero-order valence-electron chi connectivity index (χ0n) is 13.4. The van der Waals surface area contributed by atoms with Gasteiger partial charge in [-0.15, -0.1) is 0 Å². The third-order valence-electron chi connectivity index (χ3n) is 3.86. The van der Waals surface area contributed by atoms with Crippen LogP contribution in [0.1, 0.15) is 10.4 Å². The smallest absolute Gasteiger partial charge is 0.355 e. The molecule has 1 heterocycles. The monoisotopic (exact) mass is 483 g/mol. The van der Waals surface area contributed by atoms with Gasteiger partial charge in [0.25, 0.3) is 0 Å². The molecule has 0 fully saturated rings. The van der Waals surface area contributed by atoms with Crippen LogP contribution in [-0.4, -0.2) is 10.4 Å². The van der Waals surface area contributed by atoms with Crippen molar-refractivity contribution >= 4 is 39.3 Å². The molecule has 0 radical (unpaired) electrons. The van der Waals surface area contributed by atoms with E-state index in [1.54, 1.807) is 16.7 Å². The van der Waals surface area contributed by atoms with Gasteiger partial charge in [0.1, 0.15) is 18.4 Å². The van der Waals surface area contributed by atoms with Crippen molar-refractivity contribution in [2.75, 3.05) is 5.73 Å². The second-order valence-electron chi connectivity index (χ2n) is 5.50. The summed E-state index contributed by atoms with van der Waals surface area (Å²) in [5, 5.41) is 0.657. The Morgan fingerprint density at radius 3 is 2.64 bits per heavy atom. The third-order valence-corrected chi connectivity index (χ3v) is 4.59. The number of halogens is 3. The Kier molecular flexibility index (Phi) is 6.43. The maximum Gasteiger partial charge on any atom is 0.355 e. The quantitative estimate of drug-likeness (QED) is 0.441. The second kappa shape index (κ2) is 8.17. The molecule has 4 nitrogen and oxygen atoms in total. The number of hydrogen-bond donors (Lipinski definition) is 1. The molecule has 2 N–H and O–H groups in total. The lowest BCUT2D eigenvalue weighted by molar-refractivity contribution is -0.667. The van der Waals surface area contributed by atoms with Gasteiger partial charge in [-0.05, 0) is 24.3 Å². The number of rotatable bonds is 4. The summed E-state index contributed by atoms with van der Waals surface area (Å²) in [5.74, 6) is 0.504. The van der Waals surface area contributed by atoms with Gasteiger partial charge in [0, 0.05) is 20.6 Å². The SMILES string of the molecule is Cn1c(-c2cccc(Cl)c2)c[n+](CC(=O)c2cccc(Br)c2)c1N.[Br-]. The highest BCUT2D eigenvalue weighted by atomic mass is 79.9. The summed E-state index contributed by atoms with van der Waals surface area (Å²) < 4.78 is 4.47. The van der Waals surface area contributed by atoms with E-state index in [-0.39, 0.29) is 29.3 Å². The van der Waals surface area contributed by atoms with Crippen LogP contribution in [-0.2, 0) is 13.6 Å². The van der Waals surface area contributed by atoms with E-state index in [2.05, 4.69) is 15.9 Å². The lowest BCUT2D eigenvalue weighted by Crippen LogP contribution is -3.00. The van der Waals surface area contributed by atoms with Crippen molar-refractivity contribution in [1.82, 2.24) is 4.57 Å². The molecule has 7 heteroatoms. The number of carbonyl (C=O) groups is 1. The Morgan fingerprint density at radius 1 is 1.24 bits per heavy atom. The minimum absolute atomic E-state index is 0. The summed E-state index contributed by atoms with van der Waals surface area (Å²) in [5.41, 5.74) is 8.66. The summed E-state index contributed by atoms with van der Waals surface area (Å²) in [4.78, 5) is 12.5. The van der Waals surface area contributed by atoms with E-state index in [0.29, 0.717) is 16.5 Å². The van der Waals surface area contributed by atoms with Crippen LogP contribution < -0.4 is 27.3 Å². The normalized spacial score (nSPS) is 10.4. The van der Waals surface area contributed by atoms with Gasteiger partial charge >= 0.3 is 5.95 Å². The Labute approximate surface area is 170 Å². The average molecular weight is 486 g/mol.